The van der Waals surface area contributed by atoms with E-state index in [9.17, 15) is 0 Å². The predicted octanol–water partition coefficient (Wildman–Crippen LogP) is 2.58. The molecule has 2 N–H and O–H groups in total. The first-order chi connectivity index (χ1) is 12.5. The molecule has 1 aromatic carbocycles. The molecule has 2 rings (SSSR count). The number of nitrogens with one attached hydrogen (secondary N) is 2. The molecule has 0 fully saturated rings. The second-order valence-corrected chi connectivity index (χ2v) is 5.89. The van der Waals surface area contributed by atoms with E-state index in [2.05, 4.69) is 32.7 Å². The van der Waals surface area contributed by atoms with Crippen molar-refractivity contribution in [1.82, 2.24) is 25.4 Å². The van der Waals surface area contributed by atoms with E-state index in [1.54, 1.807) is 14.2 Å². The van der Waals surface area contributed by atoms with Gasteiger partial charge in [0.1, 0.15) is 23.9 Å². The van der Waals surface area contributed by atoms with Crippen molar-refractivity contribution in [3.05, 3.63) is 35.4 Å². The summed E-state index contributed by atoms with van der Waals surface area (Å²) in [5, 5.41) is 14.9. The highest BCUT2D eigenvalue weighted by atomic mass is 127. The van der Waals surface area contributed by atoms with Gasteiger partial charge in [0, 0.05) is 19.2 Å². The Morgan fingerprint density at radius 3 is 2.56 bits per heavy atom. The zero-order valence-electron chi connectivity index (χ0n) is 16.7. The van der Waals surface area contributed by atoms with Crippen LogP contribution in [0.3, 0.4) is 0 Å². The molecule has 9 heteroatoms. The second kappa shape index (κ2) is 11.0. The Morgan fingerprint density at radius 1 is 1.26 bits per heavy atom. The molecule has 1 atom stereocenters. The molecule has 2 aromatic rings. The fourth-order valence-corrected chi connectivity index (χ4v) is 2.52. The largest absolute Gasteiger partial charge is 0.497 e. The third kappa shape index (κ3) is 5.98. The molecule has 150 valence electrons. The molecule has 0 amide bonds. The maximum Gasteiger partial charge on any atom is 0.192 e. The Bertz CT molecular complexity index is 762. The quantitative estimate of drug-likeness (QED) is 0.354. The van der Waals surface area contributed by atoms with Crippen LogP contribution in [0.2, 0.25) is 0 Å². The molecule has 27 heavy (non-hydrogen) atoms. The molecule has 1 heterocycles. The van der Waals surface area contributed by atoms with E-state index in [0.717, 1.165) is 35.3 Å². The van der Waals surface area contributed by atoms with Crippen LogP contribution in [0.15, 0.2) is 23.2 Å². The summed E-state index contributed by atoms with van der Waals surface area (Å²) in [6, 6.07) is 5.72. The van der Waals surface area contributed by atoms with Gasteiger partial charge in [-0.1, -0.05) is 0 Å². The first-order valence-electron chi connectivity index (χ1n) is 8.61. The number of aromatic nitrogens is 3. The van der Waals surface area contributed by atoms with Gasteiger partial charge < -0.3 is 24.7 Å². The van der Waals surface area contributed by atoms with Crippen molar-refractivity contribution in [3.63, 3.8) is 0 Å². The topological polar surface area (TPSA) is 85.6 Å². The highest BCUT2D eigenvalue weighted by Crippen LogP contribution is 2.29. The van der Waals surface area contributed by atoms with Crippen LogP contribution >= 0.6 is 24.0 Å². The van der Waals surface area contributed by atoms with Crippen LogP contribution in [0.1, 0.15) is 37.1 Å². The Balaban J connectivity index is 0.00000364. The van der Waals surface area contributed by atoms with Gasteiger partial charge in [-0.3, -0.25) is 0 Å². The van der Waals surface area contributed by atoms with Crippen molar-refractivity contribution in [1.29, 1.82) is 0 Å². The molecule has 0 radical (unpaired) electrons. The SMILES string of the molecule is CCNC(=NCc1nnc(C)n1C)NC(C)c1cc(OC)ccc1OC.I. The summed E-state index contributed by atoms with van der Waals surface area (Å²) in [4.78, 5) is 4.62. The number of ether oxygens (including phenoxy) is 2. The number of guanidine groups is 1. The highest BCUT2D eigenvalue weighted by Gasteiger charge is 2.14. The number of aryl methyl sites for hydroxylation is 1. The minimum absolute atomic E-state index is 0. The summed E-state index contributed by atoms with van der Waals surface area (Å²) >= 11 is 0. The molecule has 0 aliphatic heterocycles. The molecule has 1 unspecified atom stereocenters. The third-order valence-corrected chi connectivity index (χ3v) is 4.16. The summed E-state index contributed by atoms with van der Waals surface area (Å²) < 4.78 is 12.7. The van der Waals surface area contributed by atoms with E-state index >= 15 is 0 Å². The zero-order chi connectivity index (χ0) is 19.1. The van der Waals surface area contributed by atoms with E-state index in [-0.39, 0.29) is 30.0 Å². The maximum absolute atomic E-state index is 5.48. The van der Waals surface area contributed by atoms with E-state index < -0.39 is 0 Å². The van der Waals surface area contributed by atoms with Gasteiger partial charge in [-0.05, 0) is 39.0 Å². The Kier molecular flexibility index (Phi) is 9.33. The van der Waals surface area contributed by atoms with Crippen molar-refractivity contribution >= 4 is 29.9 Å². The molecule has 0 aliphatic rings. The molecule has 0 bridgehead atoms. The zero-order valence-corrected chi connectivity index (χ0v) is 19.1. The van der Waals surface area contributed by atoms with Gasteiger partial charge in [0.05, 0.1) is 20.3 Å². The fourth-order valence-electron chi connectivity index (χ4n) is 2.52. The van der Waals surface area contributed by atoms with Crippen molar-refractivity contribution in [2.24, 2.45) is 12.0 Å². The lowest BCUT2D eigenvalue weighted by Gasteiger charge is -2.20. The number of aliphatic imine (C=N–C) groups is 1. The fraction of sp³-hybridized carbons (Fsp3) is 0.500. The first kappa shape index (κ1) is 23.0. The summed E-state index contributed by atoms with van der Waals surface area (Å²) in [6.07, 6.45) is 0. The highest BCUT2D eigenvalue weighted by molar-refractivity contribution is 14.0. The Hall–Kier alpha value is -2.04. The summed E-state index contributed by atoms with van der Waals surface area (Å²) in [5.41, 5.74) is 0.993. The maximum atomic E-state index is 5.48. The van der Waals surface area contributed by atoms with Crippen LogP contribution in [-0.4, -0.2) is 41.5 Å². The lowest BCUT2D eigenvalue weighted by Crippen LogP contribution is -2.38. The second-order valence-electron chi connectivity index (χ2n) is 5.89. The molecule has 1 aromatic heterocycles. The Morgan fingerprint density at radius 2 is 2.00 bits per heavy atom. The van der Waals surface area contributed by atoms with Gasteiger partial charge in [-0.15, -0.1) is 34.2 Å². The number of halogens is 1. The van der Waals surface area contributed by atoms with Crippen LogP contribution in [0.25, 0.3) is 0 Å². The van der Waals surface area contributed by atoms with Crippen LogP contribution in [-0.2, 0) is 13.6 Å². The third-order valence-electron chi connectivity index (χ3n) is 4.16. The van der Waals surface area contributed by atoms with E-state index in [4.69, 9.17) is 9.47 Å². The van der Waals surface area contributed by atoms with Gasteiger partial charge in [-0.25, -0.2) is 4.99 Å². The number of rotatable bonds is 7. The number of hydrogen-bond donors (Lipinski definition) is 2. The van der Waals surface area contributed by atoms with Gasteiger partial charge in [0.25, 0.3) is 0 Å². The normalized spacial score (nSPS) is 12.1. The van der Waals surface area contributed by atoms with Crippen molar-refractivity contribution in [2.45, 2.75) is 33.4 Å². The molecule has 0 aliphatic carbocycles. The number of benzene rings is 1. The number of methoxy groups -OCH3 is 2. The molecule has 0 saturated heterocycles. The molecular weight excluding hydrogens is 459 g/mol. The van der Waals surface area contributed by atoms with Crippen molar-refractivity contribution in [2.75, 3.05) is 20.8 Å². The molecular formula is C18H29IN6O2. The first-order valence-corrected chi connectivity index (χ1v) is 8.61. The average molecular weight is 488 g/mol. The van der Waals surface area contributed by atoms with Crippen LogP contribution in [0, 0.1) is 6.92 Å². The van der Waals surface area contributed by atoms with Gasteiger partial charge in [0.2, 0.25) is 0 Å². The standard InChI is InChI=1S/C18H28N6O2.HI/c1-7-19-18(20-11-17-23-22-13(3)24(17)4)21-12(2)15-10-14(25-5)8-9-16(15)26-6;/h8-10,12H,7,11H2,1-6H3,(H2,19,20,21);1H. The van der Waals surface area contributed by atoms with Gasteiger partial charge >= 0.3 is 0 Å². The van der Waals surface area contributed by atoms with Crippen molar-refractivity contribution in [3.8, 4) is 11.5 Å². The summed E-state index contributed by atoms with van der Waals surface area (Å²) in [7, 11) is 5.25. The number of hydrogen-bond acceptors (Lipinski definition) is 5. The molecule has 0 saturated carbocycles. The van der Waals surface area contributed by atoms with Crippen molar-refractivity contribution < 1.29 is 9.47 Å². The smallest absolute Gasteiger partial charge is 0.192 e. The molecule has 8 nitrogen and oxygen atoms in total. The average Bonchev–Trinajstić information content (AvgIpc) is 2.97. The van der Waals surface area contributed by atoms with Gasteiger partial charge in [0.15, 0.2) is 11.8 Å². The van der Waals surface area contributed by atoms with E-state index in [0.29, 0.717) is 12.5 Å². The summed E-state index contributed by atoms with van der Waals surface area (Å²) in [6.45, 7) is 7.19. The lowest BCUT2D eigenvalue weighted by molar-refractivity contribution is 0.394. The summed E-state index contributed by atoms with van der Waals surface area (Å²) in [5.74, 6) is 3.95. The van der Waals surface area contributed by atoms with Crippen LogP contribution in [0.4, 0.5) is 0 Å². The van der Waals surface area contributed by atoms with Crippen LogP contribution < -0.4 is 20.1 Å². The predicted molar refractivity (Wildman–Crippen MR) is 117 cm³/mol. The minimum Gasteiger partial charge on any atom is -0.497 e. The van der Waals surface area contributed by atoms with Gasteiger partial charge in [-0.2, -0.15) is 0 Å². The Labute approximate surface area is 177 Å². The molecule has 0 spiro atoms. The monoisotopic (exact) mass is 488 g/mol. The lowest BCUT2D eigenvalue weighted by atomic mass is 10.1. The number of nitrogens with zero attached hydrogens (tertiary/aromatic N) is 4. The van der Waals surface area contributed by atoms with Crippen LogP contribution in [0.5, 0.6) is 11.5 Å². The van der Waals surface area contributed by atoms with E-state index in [1.165, 1.54) is 0 Å². The minimum atomic E-state index is -0.0286. The van der Waals surface area contributed by atoms with E-state index in [1.807, 2.05) is 43.7 Å².